The summed E-state index contributed by atoms with van der Waals surface area (Å²) < 4.78 is 9.98. The molecule has 0 unspecified atom stereocenters. The van der Waals surface area contributed by atoms with Crippen LogP contribution in [0.5, 0.6) is 0 Å². The number of rotatable bonds is 12. The number of aromatic amines is 2. The SMILES string of the molecule is CCCC(CCC)(c1ccc(C(=O)OCCO)[nH]1)c1ccc(C(=O)OCCO)[nH]1. The summed E-state index contributed by atoms with van der Waals surface area (Å²) in [4.78, 5) is 30.6. The molecule has 2 heterocycles. The van der Waals surface area contributed by atoms with E-state index in [0.717, 1.165) is 37.1 Å². The molecule has 2 aromatic rings. The molecule has 0 spiro atoms. The van der Waals surface area contributed by atoms with Crippen LogP contribution >= 0.6 is 0 Å². The predicted octanol–water partition coefficient (Wildman–Crippen LogP) is 2.53. The van der Waals surface area contributed by atoms with Gasteiger partial charge in [-0.1, -0.05) is 26.7 Å². The molecule has 0 amide bonds. The molecule has 0 aliphatic heterocycles. The summed E-state index contributed by atoms with van der Waals surface area (Å²) in [5.74, 6) is -1.04. The van der Waals surface area contributed by atoms with Gasteiger partial charge in [0.2, 0.25) is 0 Å². The van der Waals surface area contributed by atoms with Crippen LogP contribution < -0.4 is 0 Å². The van der Waals surface area contributed by atoms with Crippen molar-refractivity contribution in [1.29, 1.82) is 0 Å². The Labute approximate surface area is 170 Å². The standard InChI is InChI=1S/C21H30N2O6/c1-3-9-21(10-4-2,17-7-5-15(22-17)19(26)28-13-11-24)18-8-6-16(23-18)20(27)29-14-12-25/h5-8,22-25H,3-4,9-14H2,1-2H3. The second-order valence-corrected chi connectivity index (χ2v) is 6.87. The van der Waals surface area contributed by atoms with Gasteiger partial charge in [0.15, 0.2) is 0 Å². The van der Waals surface area contributed by atoms with E-state index in [2.05, 4.69) is 23.8 Å². The van der Waals surface area contributed by atoms with Crippen molar-refractivity contribution >= 4 is 11.9 Å². The minimum atomic E-state index is -0.521. The number of carbonyl (C=O) groups is 2. The molecule has 0 aliphatic carbocycles. The summed E-state index contributed by atoms with van der Waals surface area (Å²) in [5.41, 5.74) is 1.91. The lowest BCUT2D eigenvalue weighted by atomic mass is 9.74. The molecule has 0 atom stereocenters. The molecule has 0 saturated heterocycles. The molecule has 0 saturated carbocycles. The van der Waals surface area contributed by atoms with Gasteiger partial charge in [0, 0.05) is 11.4 Å². The molecule has 8 nitrogen and oxygen atoms in total. The third kappa shape index (κ3) is 5.27. The van der Waals surface area contributed by atoms with Gasteiger partial charge in [-0.3, -0.25) is 0 Å². The Balaban J connectivity index is 2.39. The van der Waals surface area contributed by atoms with Crippen LogP contribution in [0, 0.1) is 0 Å². The van der Waals surface area contributed by atoms with Crippen molar-refractivity contribution in [1.82, 2.24) is 9.97 Å². The highest BCUT2D eigenvalue weighted by molar-refractivity contribution is 5.88. The molecule has 0 bridgehead atoms. The molecule has 8 heteroatoms. The maximum Gasteiger partial charge on any atom is 0.354 e. The summed E-state index contributed by atoms with van der Waals surface area (Å²) in [5, 5.41) is 17.7. The van der Waals surface area contributed by atoms with Crippen LogP contribution in [0.2, 0.25) is 0 Å². The van der Waals surface area contributed by atoms with E-state index in [9.17, 15) is 9.59 Å². The van der Waals surface area contributed by atoms with Gasteiger partial charge in [0.05, 0.1) is 18.6 Å². The number of hydrogen-bond acceptors (Lipinski definition) is 6. The number of nitrogens with one attached hydrogen (secondary N) is 2. The highest BCUT2D eigenvalue weighted by atomic mass is 16.5. The first-order valence-electron chi connectivity index (χ1n) is 9.97. The highest BCUT2D eigenvalue weighted by Crippen LogP contribution is 2.40. The maximum absolute atomic E-state index is 12.1. The minimum absolute atomic E-state index is 0.0574. The lowest BCUT2D eigenvalue weighted by molar-refractivity contribution is 0.0421. The van der Waals surface area contributed by atoms with Crippen molar-refractivity contribution in [3.05, 3.63) is 47.0 Å². The number of carbonyl (C=O) groups excluding carboxylic acids is 2. The number of aliphatic hydroxyl groups is 2. The summed E-state index contributed by atoms with van der Waals surface area (Å²) in [6, 6.07) is 7.08. The number of ether oxygens (including phenoxy) is 2. The molecule has 0 fully saturated rings. The Morgan fingerprint density at radius 1 is 0.828 bits per heavy atom. The summed E-state index contributed by atoms with van der Waals surface area (Å²) >= 11 is 0. The van der Waals surface area contributed by atoms with Gasteiger partial charge >= 0.3 is 11.9 Å². The number of H-pyrrole nitrogens is 2. The largest absolute Gasteiger partial charge is 0.459 e. The van der Waals surface area contributed by atoms with Crippen molar-refractivity contribution in [3.8, 4) is 0 Å². The molecule has 0 aliphatic rings. The fourth-order valence-electron chi connectivity index (χ4n) is 3.68. The van der Waals surface area contributed by atoms with Crippen LogP contribution in [-0.4, -0.2) is 58.5 Å². The highest BCUT2D eigenvalue weighted by Gasteiger charge is 2.36. The lowest BCUT2D eigenvalue weighted by Gasteiger charge is -2.32. The smallest absolute Gasteiger partial charge is 0.354 e. The second kappa shape index (κ2) is 10.8. The first-order valence-corrected chi connectivity index (χ1v) is 9.97. The third-order valence-corrected chi connectivity index (χ3v) is 4.85. The van der Waals surface area contributed by atoms with Gasteiger partial charge in [-0.15, -0.1) is 0 Å². The lowest BCUT2D eigenvalue weighted by Crippen LogP contribution is -2.29. The van der Waals surface area contributed by atoms with Gasteiger partial charge in [-0.25, -0.2) is 9.59 Å². The number of hydrogen-bond donors (Lipinski definition) is 4. The molecule has 0 aromatic carbocycles. The Morgan fingerprint density at radius 3 is 1.59 bits per heavy atom. The zero-order valence-corrected chi connectivity index (χ0v) is 17.0. The topological polar surface area (TPSA) is 125 Å². The molecule has 0 radical (unpaired) electrons. The van der Waals surface area contributed by atoms with Gasteiger partial charge in [-0.05, 0) is 37.1 Å². The minimum Gasteiger partial charge on any atom is -0.459 e. The van der Waals surface area contributed by atoms with E-state index in [1.165, 1.54) is 0 Å². The average Bonchev–Trinajstić information content (AvgIpc) is 3.40. The second-order valence-electron chi connectivity index (χ2n) is 6.87. The summed E-state index contributed by atoms with van der Waals surface area (Å²) in [7, 11) is 0. The zero-order valence-electron chi connectivity index (χ0n) is 17.0. The van der Waals surface area contributed by atoms with Crippen LogP contribution in [0.25, 0.3) is 0 Å². The molecule has 4 N–H and O–H groups in total. The average molecular weight is 406 g/mol. The van der Waals surface area contributed by atoms with Gasteiger partial charge in [0.25, 0.3) is 0 Å². The van der Waals surface area contributed by atoms with E-state index in [1.54, 1.807) is 12.1 Å². The van der Waals surface area contributed by atoms with E-state index >= 15 is 0 Å². The van der Waals surface area contributed by atoms with E-state index in [4.69, 9.17) is 19.7 Å². The van der Waals surface area contributed by atoms with Crippen LogP contribution in [0.3, 0.4) is 0 Å². The number of aromatic nitrogens is 2. The summed E-state index contributed by atoms with van der Waals surface area (Å²) in [6.45, 7) is 3.60. The molecule has 2 aromatic heterocycles. The van der Waals surface area contributed by atoms with Gasteiger partial charge in [0.1, 0.15) is 24.6 Å². The van der Waals surface area contributed by atoms with E-state index < -0.39 is 17.4 Å². The van der Waals surface area contributed by atoms with Crippen molar-refractivity contribution in [2.75, 3.05) is 26.4 Å². The molecule has 160 valence electrons. The molecule has 2 rings (SSSR count). The van der Waals surface area contributed by atoms with Crippen LogP contribution in [0.15, 0.2) is 24.3 Å². The van der Waals surface area contributed by atoms with Crippen molar-refractivity contribution in [2.45, 2.75) is 44.9 Å². The fraction of sp³-hybridized carbons (Fsp3) is 0.524. The quantitative estimate of drug-likeness (QED) is 0.402. The fourth-order valence-corrected chi connectivity index (χ4v) is 3.68. The Hall–Kier alpha value is -2.58. The monoisotopic (exact) mass is 406 g/mol. The van der Waals surface area contributed by atoms with E-state index in [-0.39, 0.29) is 26.4 Å². The Bertz CT molecular complexity index is 728. The summed E-state index contributed by atoms with van der Waals surface area (Å²) in [6.07, 6.45) is 3.40. The number of esters is 2. The first-order chi connectivity index (χ1) is 14.0. The van der Waals surface area contributed by atoms with Crippen molar-refractivity contribution < 1.29 is 29.3 Å². The Kier molecular flexibility index (Phi) is 8.48. The van der Waals surface area contributed by atoms with E-state index in [0.29, 0.717) is 11.4 Å². The molecular weight excluding hydrogens is 376 g/mol. The number of aliphatic hydroxyl groups excluding tert-OH is 2. The third-order valence-electron chi connectivity index (χ3n) is 4.85. The normalized spacial score (nSPS) is 11.4. The van der Waals surface area contributed by atoms with Gasteiger partial charge < -0.3 is 29.7 Å². The zero-order chi connectivity index (χ0) is 21.3. The van der Waals surface area contributed by atoms with Crippen molar-refractivity contribution in [3.63, 3.8) is 0 Å². The van der Waals surface area contributed by atoms with E-state index in [1.807, 2.05) is 12.1 Å². The van der Waals surface area contributed by atoms with Gasteiger partial charge in [-0.2, -0.15) is 0 Å². The Morgan fingerprint density at radius 2 is 1.24 bits per heavy atom. The maximum atomic E-state index is 12.1. The molecule has 29 heavy (non-hydrogen) atoms. The van der Waals surface area contributed by atoms with Crippen LogP contribution in [0.4, 0.5) is 0 Å². The van der Waals surface area contributed by atoms with Crippen molar-refractivity contribution in [2.24, 2.45) is 0 Å². The van der Waals surface area contributed by atoms with Crippen LogP contribution in [0.1, 0.15) is 71.9 Å². The first kappa shape index (κ1) is 22.7. The van der Waals surface area contributed by atoms with Crippen LogP contribution in [-0.2, 0) is 14.9 Å². The predicted molar refractivity (Wildman–Crippen MR) is 107 cm³/mol. The molecular formula is C21H30N2O6.